The van der Waals surface area contributed by atoms with E-state index in [0.717, 1.165) is 11.1 Å². The second-order valence-electron chi connectivity index (χ2n) is 4.61. The highest BCUT2D eigenvalue weighted by atomic mass is 16.5. The summed E-state index contributed by atoms with van der Waals surface area (Å²) in [6.07, 6.45) is 0.165. The Morgan fingerprint density at radius 1 is 1.44 bits per heavy atom. The van der Waals surface area contributed by atoms with Crippen molar-refractivity contribution in [1.29, 1.82) is 0 Å². The second kappa shape index (κ2) is 4.01. The van der Waals surface area contributed by atoms with E-state index in [2.05, 4.69) is 5.32 Å². The van der Waals surface area contributed by atoms with Crippen LogP contribution in [0.15, 0.2) is 24.3 Å². The van der Waals surface area contributed by atoms with Crippen molar-refractivity contribution in [2.75, 3.05) is 7.11 Å². The van der Waals surface area contributed by atoms with Crippen molar-refractivity contribution in [2.45, 2.75) is 25.0 Å². The van der Waals surface area contributed by atoms with Gasteiger partial charge in [-0.25, -0.2) is 4.79 Å². The van der Waals surface area contributed by atoms with Crippen LogP contribution < -0.4 is 5.32 Å². The molecule has 3 rings (SSSR count). The Kier molecular flexibility index (Phi) is 2.47. The number of ether oxygens (including phenoxy) is 1. The van der Waals surface area contributed by atoms with E-state index < -0.39 is 12.1 Å². The van der Waals surface area contributed by atoms with E-state index in [1.54, 1.807) is 0 Å². The zero-order chi connectivity index (χ0) is 12.7. The Hall–Kier alpha value is -2.04. The zero-order valence-electron chi connectivity index (χ0n) is 10.1. The van der Waals surface area contributed by atoms with E-state index in [1.165, 1.54) is 12.0 Å². The van der Waals surface area contributed by atoms with Gasteiger partial charge in [-0.2, -0.15) is 0 Å². The van der Waals surface area contributed by atoms with E-state index in [4.69, 9.17) is 4.74 Å². The van der Waals surface area contributed by atoms with Gasteiger partial charge in [0.2, 0.25) is 5.91 Å². The predicted octanol–water partition coefficient (Wildman–Crippen LogP) is 1.20. The molecule has 0 aliphatic carbocycles. The molecule has 5 heteroatoms. The number of hydrogen-bond donors (Lipinski definition) is 1. The molecule has 2 aliphatic heterocycles. The molecule has 94 valence electrons. The van der Waals surface area contributed by atoms with Gasteiger partial charge in [0.1, 0.15) is 6.04 Å². The average Bonchev–Trinajstić information content (AvgIpc) is 2.68. The van der Waals surface area contributed by atoms with E-state index in [-0.39, 0.29) is 11.9 Å². The summed E-state index contributed by atoms with van der Waals surface area (Å²) in [4.78, 5) is 25.2. The summed E-state index contributed by atoms with van der Waals surface area (Å²) in [5.74, 6) is -0.0973. The van der Waals surface area contributed by atoms with Crippen LogP contribution in [-0.2, 0) is 16.1 Å². The average molecular weight is 246 g/mol. The third-order valence-electron chi connectivity index (χ3n) is 3.63. The Morgan fingerprint density at radius 2 is 2.22 bits per heavy atom. The largest absolute Gasteiger partial charge is 0.453 e. The maximum Gasteiger partial charge on any atom is 0.410 e. The van der Waals surface area contributed by atoms with E-state index in [9.17, 15) is 9.59 Å². The van der Waals surface area contributed by atoms with Crippen LogP contribution >= 0.6 is 0 Å². The van der Waals surface area contributed by atoms with Crippen LogP contribution in [0, 0.1) is 0 Å². The summed E-state index contributed by atoms with van der Waals surface area (Å²) in [6, 6.07) is 7.46. The van der Waals surface area contributed by atoms with Crippen LogP contribution in [0.2, 0.25) is 0 Å². The molecule has 18 heavy (non-hydrogen) atoms. The van der Waals surface area contributed by atoms with E-state index >= 15 is 0 Å². The fourth-order valence-electron chi connectivity index (χ4n) is 2.75. The lowest BCUT2D eigenvalue weighted by Crippen LogP contribution is -2.44. The number of benzene rings is 1. The molecule has 0 unspecified atom stereocenters. The molecule has 0 spiro atoms. The molecule has 1 saturated heterocycles. The number of hydrogen-bond acceptors (Lipinski definition) is 3. The number of nitrogens with one attached hydrogen (secondary N) is 1. The van der Waals surface area contributed by atoms with Crippen molar-refractivity contribution < 1.29 is 14.3 Å². The monoisotopic (exact) mass is 246 g/mol. The number of methoxy groups -OCH3 is 1. The van der Waals surface area contributed by atoms with Gasteiger partial charge in [-0.3, -0.25) is 9.69 Å². The minimum absolute atomic E-state index is 0.00774. The smallest absolute Gasteiger partial charge is 0.410 e. The Morgan fingerprint density at radius 3 is 3.00 bits per heavy atom. The molecule has 1 aromatic carbocycles. The summed E-state index contributed by atoms with van der Waals surface area (Å²) in [6.45, 7) is 0.428. The van der Waals surface area contributed by atoms with Crippen LogP contribution in [0.5, 0.6) is 0 Å². The minimum atomic E-state index is -0.451. The molecule has 2 amide bonds. The lowest BCUT2D eigenvalue weighted by atomic mass is 10.0. The molecule has 2 bridgehead atoms. The highest BCUT2D eigenvalue weighted by Gasteiger charge is 2.42. The third kappa shape index (κ3) is 1.54. The van der Waals surface area contributed by atoms with Gasteiger partial charge in [-0.05, 0) is 11.1 Å². The van der Waals surface area contributed by atoms with Crippen LogP contribution in [0.3, 0.4) is 0 Å². The van der Waals surface area contributed by atoms with Gasteiger partial charge in [0.25, 0.3) is 0 Å². The number of nitrogens with zero attached hydrogens (tertiary/aromatic N) is 1. The predicted molar refractivity (Wildman–Crippen MR) is 63.7 cm³/mol. The second-order valence-corrected chi connectivity index (χ2v) is 4.61. The number of amides is 2. The van der Waals surface area contributed by atoms with Crippen molar-refractivity contribution in [1.82, 2.24) is 10.2 Å². The van der Waals surface area contributed by atoms with Crippen LogP contribution in [0.1, 0.15) is 23.6 Å². The lowest BCUT2D eigenvalue weighted by Gasteiger charge is -2.25. The number of fused-ring (bicyclic) bond motifs is 4. The lowest BCUT2D eigenvalue weighted by molar-refractivity contribution is -0.123. The van der Waals surface area contributed by atoms with Gasteiger partial charge >= 0.3 is 6.09 Å². The highest BCUT2D eigenvalue weighted by Crippen LogP contribution is 2.34. The molecule has 2 atom stereocenters. The van der Waals surface area contributed by atoms with Crippen molar-refractivity contribution in [3.05, 3.63) is 35.4 Å². The highest BCUT2D eigenvalue weighted by molar-refractivity contribution is 5.88. The molecule has 0 aromatic heterocycles. The molecule has 1 N–H and O–H groups in total. The molecule has 1 aromatic rings. The third-order valence-corrected chi connectivity index (χ3v) is 3.63. The van der Waals surface area contributed by atoms with Crippen molar-refractivity contribution in [3.63, 3.8) is 0 Å². The summed E-state index contributed by atoms with van der Waals surface area (Å²) in [5, 5.41) is 2.93. The van der Waals surface area contributed by atoms with Crippen molar-refractivity contribution >= 4 is 12.0 Å². The zero-order valence-corrected chi connectivity index (χ0v) is 10.1. The summed E-state index contributed by atoms with van der Waals surface area (Å²) >= 11 is 0. The fourth-order valence-corrected chi connectivity index (χ4v) is 2.75. The summed E-state index contributed by atoms with van der Waals surface area (Å²) < 4.78 is 4.77. The minimum Gasteiger partial charge on any atom is -0.453 e. The molecule has 0 radical (unpaired) electrons. The maximum atomic E-state index is 11.9. The SMILES string of the molecule is COC(=O)N1Cc2ccccc2[C@@H]2C[C@H]1C(=O)N2. The molecular formula is C13H14N2O3. The van der Waals surface area contributed by atoms with Gasteiger partial charge in [-0.15, -0.1) is 0 Å². The molecule has 2 heterocycles. The molecule has 0 saturated carbocycles. The van der Waals surface area contributed by atoms with Gasteiger partial charge < -0.3 is 10.1 Å². The van der Waals surface area contributed by atoms with Gasteiger partial charge in [-0.1, -0.05) is 24.3 Å². The van der Waals surface area contributed by atoms with Crippen LogP contribution in [0.25, 0.3) is 0 Å². The van der Waals surface area contributed by atoms with Crippen LogP contribution in [0.4, 0.5) is 4.79 Å². The Bertz CT molecular complexity index is 515. The first-order chi connectivity index (χ1) is 8.70. The first-order valence-electron chi connectivity index (χ1n) is 5.93. The molecule has 1 fully saturated rings. The van der Waals surface area contributed by atoms with Gasteiger partial charge in [0.05, 0.1) is 19.7 Å². The molecule has 5 nitrogen and oxygen atoms in total. The Balaban J connectivity index is 2.05. The fraction of sp³-hybridized carbons (Fsp3) is 0.385. The van der Waals surface area contributed by atoms with Gasteiger partial charge in [0, 0.05) is 6.42 Å². The normalized spacial score (nSPS) is 25.2. The van der Waals surface area contributed by atoms with Crippen molar-refractivity contribution in [2.24, 2.45) is 0 Å². The number of rotatable bonds is 0. The van der Waals surface area contributed by atoms with Gasteiger partial charge in [0.15, 0.2) is 0 Å². The first-order valence-corrected chi connectivity index (χ1v) is 5.93. The summed E-state index contributed by atoms with van der Waals surface area (Å²) in [5.41, 5.74) is 2.16. The number of carbonyl (C=O) groups is 2. The topological polar surface area (TPSA) is 58.6 Å². The van der Waals surface area contributed by atoms with E-state index in [0.29, 0.717) is 13.0 Å². The molecular weight excluding hydrogens is 232 g/mol. The standard InChI is InChI=1S/C13H14N2O3/c1-18-13(17)15-7-8-4-2-3-5-9(8)10-6-11(15)12(16)14-10/h2-5,10-11H,6-7H2,1H3,(H,14,16)/t10-,11-/m0/s1. The first kappa shape index (κ1) is 11.1. The maximum absolute atomic E-state index is 11.9. The Labute approximate surface area is 105 Å². The summed E-state index contributed by atoms with van der Waals surface area (Å²) in [7, 11) is 1.34. The molecule has 2 aliphatic rings. The van der Waals surface area contributed by atoms with E-state index in [1.807, 2.05) is 24.3 Å². The number of carbonyl (C=O) groups excluding carboxylic acids is 2. The van der Waals surface area contributed by atoms with Crippen LogP contribution in [-0.4, -0.2) is 30.1 Å². The van der Waals surface area contributed by atoms with Crippen molar-refractivity contribution in [3.8, 4) is 0 Å². The quantitative estimate of drug-likeness (QED) is 0.748.